The molecule has 2 aromatic carbocycles. The van der Waals surface area contributed by atoms with Crippen LogP contribution in [0.4, 0.5) is 5.69 Å². The minimum absolute atomic E-state index is 0.00856. The summed E-state index contributed by atoms with van der Waals surface area (Å²) in [7, 11) is 0. The molecular formula is C21H20Cl2N2O8. The van der Waals surface area contributed by atoms with Crippen LogP contribution in [0.2, 0.25) is 0 Å². The molecule has 0 unspecified atom stereocenters. The van der Waals surface area contributed by atoms with Crippen molar-refractivity contribution in [1.29, 1.82) is 0 Å². The first-order valence-corrected chi connectivity index (χ1v) is 10.5. The molecule has 33 heavy (non-hydrogen) atoms. The second-order valence-electron chi connectivity index (χ2n) is 6.67. The van der Waals surface area contributed by atoms with Gasteiger partial charge in [-0.3, -0.25) is 24.5 Å². The number of carbonyl (C=O) groups excluding carboxylic acids is 2. The fraction of sp³-hybridized carbons (Fsp3) is 0.286. The van der Waals surface area contributed by atoms with E-state index in [1.54, 1.807) is 24.3 Å². The number of carboxylic acids is 1. The number of amides is 1. The van der Waals surface area contributed by atoms with Crippen LogP contribution < -0.4 is 4.74 Å². The molecule has 2 rings (SSSR count). The fourth-order valence-electron chi connectivity index (χ4n) is 2.61. The van der Waals surface area contributed by atoms with E-state index in [0.717, 1.165) is 0 Å². The summed E-state index contributed by atoms with van der Waals surface area (Å²) >= 11 is 11.4. The number of alkyl halides is 2. The topological polar surface area (TPSA) is 136 Å². The van der Waals surface area contributed by atoms with Crippen LogP contribution in [-0.2, 0) is 25.7 Å². The van der Waals surface area contributed by atoms with E-state index < -0.39 is 27.6 Å². The van der Waals surface area contributed by atoms with Crippen molar-refractivity contribution in [3.63, 3.8) is 0 Å². The molecule has 2 aromatic rings. The van der Waals surface area contributed by atoms with Crippen LogP contribution in [0, 0.1) is 10.1 Å². The number of nitro groups is 1. The average Bonchev–Trinajstić information content (AvgIpc) is 2.78. The molecule has 0 aliphatic carbocycles. The van der Waals surface area contributed by atoms with Crippen molar-refractivity contribution in [1.82, 2.24) is 4.90 Å². The lowest BCUT2D eigenvalue weighted by Gasteiger charge is -2.23. The number of nitrogens with zero attached hydrogens (tertiary/aromatic N) is 2. The molecule has 0 saturated heterocycles. The van der Waals surface area contributed by atoms with Gasteiger partial charge in [0.15, 0.2) is 4.84 Å². The Kier molecular flexibility index (Phi) is 9.89. The van der Waals surface area contributed by atoms with Gasteiger partial charge in [0, 0.05) is 18.7 Å². The molecule has 0 aliphatic heterocycles. The van der Waals surface area contributed by atoms with Crippen LogP contribution in [0.15, 0.2) is 48.5 Å². The number of hydrogen-bond donors (Lipinski definition) is 1. The van der Waals surface area contributed by atoms with Gasteiger partial charge in [-0.15, -0.1) is 0 Å². The minimum atomic E-state index is -1.31. The van der Waals surface area contributed by atoms with E-state index in [4.69, 9.17) is 37.8 Å². The Hall–Kier alpha value is -3.37. The normalized spacial score (nSPS) is 10.5. The third-order valence-electron chi connectivity index (χ3n) is 4.25. The van der Waals surface area contributed by atoms with Gasteiger partial charge in [-0.2, -0.15) is 0 Å². The van der Waals surface area contributed by atoms with Gasteiger partial charge in [0.1, 0.15) is 18.1 Å². The lowest BCUT2D eigenvalue weighted by molar-refractivity contribution is -0.384. The Morgan fingerprint density at radius 1 is 1.00 bits per heavy atom. The molecule has 1 amide bonds. The maximum Gasteiger partial charge on any atom is 0.306 e. The smallest absolute Gasteiger partial charge is 0.306 e. The van der Waals surface area contributed by atoms with Crippen LogP contribution >= 0.6 is 23.2 Å². The van der Waals surface area contributed by atoms with Gasteiger partial charge in [-0.1, -0.05) is 35.3 Å². The number of halogens is 2. The highest BCUT2D eigenvalue weighted by Crippen LogP contribution is 2.24. The largest absolute Gasteiger partial charge is 0.481 e. The zero-order valence-electron chi connectivity index (χ0n) is 17.2. The van der Waals surface area contributed by atoms with E-state index in [1.807, 2.05) is 0 Å². The highest BCUT2D eigenvalue weighted by molar-refractivity contribution is 6.53. The number of rotatable bonds is 12. The van der Waals surface area contributed by atoms with E-state index in [9.17, 15) is 24.5 Å². The van der Waals surface area contributed by atoms with E-state index in [2.05, 4.69) is 0 Å². The summed E-state index contributed by atoms with van der Waals surface area (Å²) in [6.45, 7) is -0.0140. The number of carboxylic acid groups (broad SMARTS) is 1. The van der Waals surface area contributed by atoms with Crippen LogP contribution in [0.1, 0.15) is 18.4 Å². The molecular weight excluding hydrogens is 479 g/mol. The van der Waals surface area contributed by atoms with E-state index in [-0.39, 0.29) is 38.2 Å². The first kappa shape index (κ1) is 25.9. The SMILES string of the molecule is O=C(O)CCC(=O)OCCN(Cc1ccc(Oc2ccc([N+](=O)[O-])cc2)cc1)C(=O)C(Cl)Cl. The molecule has 0 atom stereocenters. The lowest BCUT2D eigenvalue weighted by Crippen LogP contribution is -2.37. The monoisotopic (exact) mass is 498 g/mol. The van der Waals surface area contributed by atoms with Gasteiger partial charge in [0.05, 0.1) is 24.3 Å². The summed E-state index contributed by atoms with van der Waals surface area (Å²) in [6.07, 6.45) is -0.617. The number of benzene rings is 2. The van der Waals surface area contributed by atoms with Crippen molar-refractivity contribution in [2.75, 3.05) is 13.2 Å². The average molecular weight is 499 g/mol. The molecule has 0 heterocycles. The van der Waals surface area contributed by atoms with Crippen LogP contribution in [0.3, 0.4) is 0 Å². The Morgan fingerprint density at radius 2 is 1.58 bits per heavy atom. The standard InChI is InChI=1S/C21H20Cl2N2O8/c22-20(23)21(29)24(11-12-32-19(28)10-9-18(26)27)13-14-1-5-16(6-2-14)33-17-7-3-15(4-8-17)25(30)31/h1-8,20H,9-13H2,(H,26,27). The zero-order chi connectivity index (χ0) is 24.4. The molecule has 1 N–H and O–H groups in total. The Balaban J connectivity index is 1.95. The highest BCUT2D eigenvalue weighted by atomic mass is 35.5. The lowest BCUT2D eigenvalue weighted by atomic mass is 10.2. The molecule has 0 bridgehead atoms. The number of esters is 1. The number of non-ortho nitro benzene ring substituents is 1. The van der Waals surface area contributed by atoms with Crippen molar-refractivity contribution in [2.24, 2.45) is 0 Å². The van der Waals surface area contributed by atoms with Crippen molar-refractivity contribution in [3.05, 3.63) is 64.2 Å². The van der Waals surface area contributed by atoms with Gasteiger partial charge >= 0.3 is 11.9 Å². The minimum Gasteiger partial charge on any atom is -0.481 e. The Bertz CT molecular complexity index is 981. The highest BCUT2D eigenvalue weighted by Gasteiger charge is 2.21. The first-order valence-electron chi connectivity index (χ1n) is 9.61. The van der Waals surface area contributed by atoms with Crippen molar-refractivity contribution in [3.8, 4) is 11.5 Å². The predicted octanol–water partition coefficient (Wildman–Crippen LogP) is 3.93. The van der Waals surface area contributed by atoms with Crippen LogP contribution in [0.5, 0.6) is 11.5 Å². The molecule has 10 nitrogen and oxygen atoms in total. The second-order valence-corrected chi connectivity index (χ2v) is 7.77. The molecule has 12 heteroatoms. The molecule has 0 aromatic heterocycles. The summed E-state index contributed by atoms with van der Waals surface area (Å²) in [6, 6.07) is 12.3. The quantitative estimate of drug-likeness (QED) is 0.201. The first-order chi connectivity index (χ1) is 15.7. The molecule has 0 spiro atoms. The maximum absolute atomic E-state index is 12.3. The van der Waals surface area contributed by atoms with Crippen molar-refractivity contribution < 1.29 is 33.9 Å². The van der Waals surface area contributed by atoms with Crippen molar-refractivity contribution in [2.45, 2.75) is 24.2 Å². The summed E-state index contributed by atoms with van der Waals surface area (Å²) in [5.41, 5.74) is 0.664. The number of aliphatic carboxylic acids is 1. The van der Waals surface area contributed by atoms with Crippen molar-refractivity contribution >= 4 is 46.7 Å². The predicted molar refractivity (Wildman–Crippen MR) is 118 cm³/mol. The second kappa shape index (κ2) is 12.6. The number of nitro benzene ring substituents is 1. The summed E-state index contributed by atoms with van der Waals surface area (Å²) < 4.78 is 10.6. The van der Waals surface area contributed by atoms with E-state index >= 15 is 0 Å². The number of carbonyl (C=O) groups is 3. The summed E-state index contributed by atoms with van der Waals surface area (Å²) in [5.74, 6) is -1.48. The van der Waals surface area contributed by atoms with Gasteiger partial charge in [-0.05, 0) is 29.8 Å². The summed E-state index contributed by atoms with van der Waals surface area (Å²) in [5, 5.41) is 19.3. The molecule has 0 saturated carbocycles. The van der Waals surface area contributed by atoms with Gasteiger partial charge in [-0.25, -0.2) is 0 Å². The zero-order valence-corrected chi connectivity index (χ0v) is 18.7. The third kappa shape index (κ3) is 8.95. The molecule has 176 valence electrons. The molecule has 0 radical (unpaired) electrons. The van der Waals surface area contributed by atoms with Gasteiger partial charge in [0.25, 0.3) is 11.6 Å². The van der Waals surface area contributed by atoms with E-state index in [0.29, 0.717) is 17.1 Å². The van der Waals surface area contributed by atoms with Gasteiger partial charge in [0.2, 0.25) is 0 Å². The van der Waals surface area contributed by atoms with Crippen LogP contribution in [-0.4, -0.2) is 50.8 Å². The summed E-state index contributed by atoms with van der Waals surface area (Å²) in [4.78, 5) is 44.5. The third-order valence-corrected chi connectivity index (χ3v) is 4.62. The molecule has 0 fully saturated rings. The fourth-order valence-corrected chi connectivity index (χ4v) is 2.89. The number of hydrogen-bond acceptors (Lipinski definition) is 7. The molecule has 0 aliphatic rings. The van der Waals surface area contributed by atoms with Crippen LogP contribution in [0.25, 0.3) is 0 Å². The van der Waals surface area contributed by atoms with Gasteiger partial charge < -0.3 is 19.5 Å². The Morgan fingerprint density at radius 3 is 2.09 bits per heavy atom. The number of ether oxygens (including phenoxy) is 2. The maximum atomic E-state index is 12.3. The van der Waals surface area contributed by atoms with E-state index in [1.165, 1.54) is 29.2 Å². The Labute approximate surface area is 198 Å².